The molecule has 0 bridgehead atoms. The maximum absolute atomic E-state index is 12.6. The van der Waals surface area contributed by atoms with Crippen molar-refractivity contribution in [2.24, 2.45) is 5.41 Å². The van der Waals surface area contributed by atoms with Crippen LogP contribution >= 0.6 is 11.6 Å². The van der Waals surface area contributed by atoms with E-state index in [0.29, 0.717) is 25.4 Å². The summed E-state index contributed by atoms with van der Waals surface area (Å²) in [5, 5.41) is 10.2. The number of fused-ring (bicyclic) bond motifs is 3. The zero-order valence-electron chi connectivity index (χ0n) is 27.6. The lowest BCUT2D eigenvalue weighted by atomic mass is 9.71. The number of rotatable bonds is 6. The summed E-state index contributed by atoms with van der Waals surface area (Å²) in [4.78, 5) is 33.4. The lowest BCUT2D eigenvalue weighted by Crippen LogP contribution is -2.57. The van der Waals surface area contributed by atoms with E-state index in [2.05, 4.69) is 33.8 Å². The third-order valence-corrected chi connectivity index (χ3v) is 10.0. The minimum absolute atomic E-state index is 0.135. The van der Waals surface area contributed by atoms with Crippen molar-refractivity contribution in [2.45, 2.75) is 58.6 Å². The molecule has 2 aromatic rings. The molecule has 0 spiro atoms. The molecule has 0 aromatic heterocycles. The lowest BCUT2D eigenvalue weighted by Gasteiger charge is -2.47. The van der Waals surface area contributed by atoms with Gasteiger partial charge < -0.3 is 24.4 Å². The first kappa shape index (κ1) is 32.7. The Kier molecular flexibility index (Phi) is 9.29. The fraction of sp³-hybridized carbons (Fsp3) is 0.556. The van der Waals surface area contributed by atoms with Crippen LogP contribution in [-0.2, 0) is 4.74 Å². The largest absolute Gasteiger partial charge is 0.489 e. The van der Waals surface area contributed by atoms with Gasteiger partial charge in [0.05, 0.1) is 17.3 Å². The Morgan fingerprint density at radius 1 is 1.02 bits per heavy atom. The van der Waals surface area contributed by atoms with E-state index >= 15 is 0 Å². The molecule has 2 aromatic carbocycles. The zero-order valence-corrected chi connectivity index (χ0v) is 28.3. The highest BCUT2D eigenvalue weighted by atomic mass is 35.5. The Bertz CT molecular complexity index is 1480. The van der Waals surface area contributed by atoms with Crippen LogP contribution in [0.4, 0.5) is 10.5 Å². The highest BCUT2D eigenvalue weighted by molar-refractivity contribution is 6.30. The van der Waals surface area contributed by atoms with Crippen LogP contribution in [0, 0.1) is 5.41 Å². The Morgan fingerprint density at radius 3 is 2.43 bits per heavy atom. The van der Waals surface area contributed by atoms with Crippen molar-refractivity contribution in [1.29, 1.82) is 0 Å². The fourth-order valence-corrected chi connectivity index (χ4v) is 7.66. The van der Waals surface area contributed by atoms with E-state index in [1.54, 1.807) is 12.1 Å². The van der Waals surface area contributed by atoms with Gasteiger partial charge in [0.1, 0.15) is 18.0 Å². The molecule has 2 fully saturated rings. The van der Waals surface area contributed by atoms with Gasteiger partial charge in [0.15, 0.2) is 0 Å². The van der Waals surface area contributed by atoms with Crippen molar-refractivity contribution >= 4 is 34.9 Å². The van der Waals surface area contributed by atoms with Gasteiger partial charge in [-0.3, -0.25) is 9.80 Å². The molecule has 3 aliphatic heterocycles. The van der Waals surface area contributed by atoms with E-state index in [1.165, 1.54) is 16.7 Å². The number of carbonyl (C=O) groups is 2. The summed E-state index contributed by atoms with van der Waals surface area (Å²) in [6, 6.07) is 13.7. The predicted octanol–water partition coefficient (Wildman–Crippen LogP) is 6.12. The number of aromatic carboxylic acids is 1. The van der Waals surface area contributed by atoms with Gasteiger partial charge >= 0.3 is 12.1 Å². The van der Waals surface area contributed by atoms with Crippen molar-refractivity contribution in [1.82, 2.24) is 14.7 Å². The van der Waals surface area contributed by atoms with Gasteiger partial charge in [-0.25, -0.2) is 9.59 Å². The summed E-state index contributed by atoms with van der Waals surface area (Å²) in [5.41, 5.74) is 5.09. The monoisotopic (exact) mass is 650 g/mol. The summed E-state index contributed by atoms with van der Waals surface area (Å²) in [6.45, 7) is 16.4. The number of piperazine rings is 2. The van der Waals surface area contributed by atoms with E-state index in [9.17, 15) is 14.7 Å². The topological polar surface area (TPSA) is 85.8 Å². The van der Waals surface area contributed by atoms with Crippen LogP contribution in [0.2, 0.25) is 5.02 Å². The summed E-state index contributed by atoms with van der Waals surface area (Å²) in [5.74, 6) is -0.280. The van der Waals surface area contributed by atoms with Crippen LogP contribution in [0.1, 0.15) is 62.9 Å². The zero-order chi connectivity index (χ0) is 32.6. The van der Waals surface area contributed by atoms with Crippen molar-refractivity contribution < 1.29 is 24.2 Å². The third kappa shape index (κ3) is 7.48. The highest BCUT2D eigenvalue weighted by Gasteiger charge is 2.38. The first-order valence-corrected chi connectivity index (χ1v) is 16.9. The van der Waals surface area contributed by atoms with E-state index in [0.717, 1.165) is 75.8 Å². The van der Waals surface area contributed by atoms with E-state index < -0.39 is 11.6 Å². The number of carboxylic acids is 1. The molecule has 9 nitrogen and oxygen atoms in total. The van der Waals surface area contributed by atoms with Gasteiger partial charge in [0.2, 0.25) is 0 Å². The Balaban J connectivity index is 1.14. The normalized spacial score (nSPS) is 24.2. The summed E-state index contributed by atoms with van der Waals surface area (Å²) in [7, 11) is 0. The molecule has 2 saturated heterocycles. The summed E-state index contributed by atoms with van der Waals surface area (Å²) in [6.07, 6.45) is 2.95. The van der Waals surface area contributed by atoms with Crippen molar-refractivity contribution in [2.75, 3.05) is 70.4 Å². The standard InChI is InChI=1S/C36H47ClN4O5/c1-35(2,3)46-34(44)40-16-13-38(14-17-40)24-36(4)12-11-30(25-5-8-28(37)9-6-25)27(20-36)21-39-15-18-41-29(22-39)23-45-32-19-26(33(42)43)7-10-31(32)41/h5-10,19,29H,11-18,20-24H2,1-4H3,(H,42,43)/t29?,36-/m1/s1. The second-order valence-corrected chi connectivity index (χ2v) is 15.1. The maximum Gasteiger partial charge on any atom is 0.410 e. The Hall–Kier alpha value is -3.27. The molecule has 3 heterocycles. The van der Waals surface area contributed by atoms with Crippen LogP contribution in [0.15, 0.2) is 48.0 Å². The molecule has 0 radical (unpaired) electrons. The molecule has 1 aliphatic carbocycles. The molecule has 46 heavy (non-hydrogen) atoms. The molecule has 10 heteroatoms. The number of carbonyl (C=O) groups excluding carboxylic acids is 1. The number of amides is 1. The molecule has 1 amide bonds. The number of carboxylic acid groups (broad SMARTS) is 1. The van der Waals surface area contributed by atoms with Gasteiger partial charge in [-0.15, -0.1) is 0 Å². The van der Waals surface area contributed by atoms with Crippen molar-refractivity contribution in [3.05, 3.63) is 64.2 Å². The van der Waals surface area contributed by atoms with E-state index in [1.807, 2.05) is 43.9 Å². The molecule has 0 saturated carbocycles. The fourth-order valence-electron chi connectivity index (χ4n) is 7.53. The van der Waals surface area contributed by atoms with Crippen LogP contribution in [0.5, 0.6) is 5.75 Å². The summed E-state index contributed by atoms with van der Waals surface area (Å²) >= 11 is 6.27. The first-order valence-electron chi connectivity index (χ1n) is 16.5. The van der Waals surface area contributed by atoms with Gasteiger partial charge in [0.25, 0.3) is 0 Å². The van der Waals surface area contributed by atoms with Crippen LogP contribution in [-0.4, -0.2) is 109 Å². The maximum atomic E-state index is 12.6. The van der Waals surface area contributed by atoms with Gasteiger partial charge in [-0.1, -0.05) is 36.2 Å². The lowest BCUT2D eigenvalue weighted by molar-refractivity contribution is 0.0104. The van der Waals surface area contributed by atoms with E-state index in [-0.39, 0.29) is 23.1 Å². The molecular weight excluding hydrogens is 604 g/mol. The van der Waals surface area contributed by atoms with Gasteiger partial charge in [0, 0.05) is 63.9 Å². The number of hydrogen-bond donors (Lipinski definition) is 1. The minimum Gasteiger partial charge on any atom is -0.489 e. The molecule has 1 N–H and O–H groups in total. The van der Waals surface area contributed by atoms with Crippen LogP contribution in [0.25, 0.3) is 5.57 Å². The Labute approximate surface area is 277 Å². The molecule has 1 unspecified atom stereocenters. The molecule has 4 aliphatic rings. The van der Waals surface area contributed by atoms with Crippen LogP contribution in [0.3, 0.4) is 0 Å². The molecular formula is C36H47ClN4O5. The predicted molar refractivity (Wildman–Crippen MR) is 181 cm³/mol. The molecule has 6 rings (SSSR count). The summed E-state index contributed by atoms with van der Waals surface area (Å²) < 4.78 is 11.7. The van der Waals surface area contributed by atoms with Crippen LogP contribution < -0.4 is 9.64 Å². The van der Waals surface area contributed by atoms with E-state index in [4.69, 9.17) is 21.1 Å². The number of nitrogens with zero attached hydrogens (tertiary/aromatic N) is 4. The average Bonchev–Trinajstić information content (AvgIpc) is 3.00. The molecule has 248 valence electrons. The van der Waals surface area contributed by atoms with Crippen molar-refractivity contribution in [3.8, 4) is 5.75 Å². The molecule has 2 atom stereocenters. The number of ether oxygens (including phenoxy) is 2. The average molecular weight is 651 g/mol. The van der Waals surface area contributed by atoms with Crippen molar-refractivity contribution in [3.63, 3.8) is 0 Å². The highest BCUT2D eigenvalue weighted by Crippen LogP contribution is 2.44. The number of halogens is 1. The number of allylic oxidation sites excluding steroid dienone is 1. The second kappa shape index (κ2) is 13.1. The number of anilines is 1. The number of benzene rings is 2. The first-order chi connectivity index (χ1) is 21.9. The van der Waals surface area contributed by atoms with Gasteiger partial charge in [-0.2, -0.15) is 0 Å². The second-order valence-electron chi connectivity index (χ2n) is 14.7. The minimum atomic E-state index is -0.939. The quantitative estimate of drug-likeness (QED) is 0.401. The third-order valence-electron chi connectivity index (χ3n) is 9.80. The Morgan fingerprint density at radius 2 is 1.74 bits per heavy atom. The number of hydrogen-bond acceptors (Lipinski definition) is 7. The SMILES string of the molecule is CC(C)(C)OC(=O)N1CCN(C[C@]2(C)CCC(c3ccc(Cl)cc3)=C(CN3CCN4c5ccc(C(=O)O)cc5OCC4C3)C2)CC1. The van der Waals surface area contributed by atoms with Gasteiger partial charge in [-0.05, 0) is 86.9 Å². The smallest absolute Gasteiger partial charge is 0.410 e.